The van der Waals surface area contributed by atoms with Crippen LogP contribution >= 0.6 is 0 Å². The Labute approximate surface area is 177 Å². The molecule has 152 valence electrons. The van der Waals surface area contributed by atoms with Crippen molar-refractivity contribution in [2.45, 2.75) is 0 Å². The minimum atomic E-state index is -0.464. The molecule has 0 aliphatic carbocycles. The quantitative estimate of drug-likeness (QED) is 0.536. The Morgan fingerprint density at radius 2 is 1.68 bits per heavy atom. The molecule has 2 heterocycles. The van der Waals surface area contributed by atoms with Crippen LogP contribution in [-0.2, 0) is 4.79 Å². The van der Waals surface area contributed by atoms with Crippen molar-refractivity contribution < 1.29 is 14.0 Å². The first-order valence-electron chi connectivity index (χ1n) is 9.72. The molecule has 3 aromatic carbocycles. The SMILES string of the molecule is O=C(NN1C(=O)CN=C(c2ccccc2F)c2ccccc21)c1cc2ccccc2[nH]1. The summed E-state index contributed by atoms with van der Waals surface area (Å²) in [5, 5.41) is 2.07. The molecule has 1 aliphatic rings. The van der Waals surface area contributed by atoms with Gasteiger partial charge in [-0.05, 0) is 30.3 Å². The summed E-state index contributed by atoms with van der Waals surface area (Å²) in [5.74, 6) is -1.32. The summed E-state index contributed by atoms with van der Waals surface area (Å²) in [6.45, 7) is -0.231. The number of benzene rings is 3. The maximum atomic E-state index is 14.5. The zero-order chi connectivity index (χ0) is 21.4. The molecule has 0 fully saturated rings. The Morgan fingerprint density at radius 1 is 0.968 bits per heavy atom. The number of para-hydroxylation sites is 2. The Bertz CT molecular complexity index is 1330. The van der Waals surface area contributed by atoms with Gasteiger partial charge < -0.3 is 4.98 Å². The molecule has 2 amide bonds. The van der Waals surface area contributed by atoms with E-state index < -0.39 is 17.6 Å². The van der Waals surface area contributed by atoms with Crippen molar-refractivity contribution in [3.05, 3.63) is 102 Å². The highest BCUT2D eigenvalue weighted by Gasteiger charge is 2.28. The fourth-order valence-corrected chi connectivity index (χ4v) is 3.67. The average molecular weight is 412 g/mol. The summed E-state index contributed by atoms with van der Waals surface area (Å²) in [6, 6.07) is 22.5. The molecule has 0 bridgehead atoms. The van der Waals surface area contributed by atoms with Gasteiger partial charge in [0.15, 0.2) is 0 Å². The van der Waals surface area contributed by atoms with Gasteiger partial charge in [0.25, 0.3) is 11.8 Å². The number of aromatic amines is 1. The maximum absolute atomic E-state index is 14.5. The zero-order valence-corrected chi connectivity index (χ0v) is 16.3. The van der Waals surface area contributed by atoms with Crippen molar-refractivity contribution in [2.24, 2.45) is 4.99 Å². The number of hydrazine groups is 1. The molecular weight excluding hydrogens is 395 g/mol. The lowest BCUT2D eigenvalue weighted by molar-refractivity contribution is -0.117. The van der Waals surface area contributed by atoms with Gasteiger partial charge in [-0.25, -0.2) is 9.40 Å². The van der Waals surface area contributed by atoms with Crippen LogP contribution in [0.5, 0.6) is 0 Å². The van der Waals surface area contributed by atoms with Gasteiger partial charge in [0.1, 0.15) is 18.1 Å². The predicted molar refractivity (Wildman–Crippen MR) is 117 cm³/mol. The van der Waals surface area contributed by atoms with Gasteiger partial charge in [-0.15, -0.1) is 0 Å². The van der Waals surface area contributed by atoms with Crippen LogP contribution in [0, 0.1) is 5.82 Å². The number of aromatic nitrogens is 1. The van der Waals surface area contributed by atoms with Gasteiger partial charge in [-0.1, -0.05) is 48.5 Å². The van der Waals surface area contributed by atoms with Gasteiger partial charge in [0.2, 0.25) is 0 Å². The monoisotopic (exact) mass is 412 g/mol. The van der Waals surface area contributed by atoms with E-state index in [0.29, 0.717) is 28.2 Å². The van der Waals surface area contributed by atoms with Crippen LogP contribution in [0.3, 0.4) is 0 Å². The lowest BCUT2D eigenvalue weighted by Crippen LogP contribution is -2.47. The number of H-pyrrole nitrogens is 1. The molecule has 2 N–H and O–H groups in total. The number of nitrogens with zero attached hydrogens (tertiary/aromatic N) is 2. The number of rotatable bonds is 3. The Kier molecular flexibility index (Phi) is 4.55. The minimum Gasteiger partial charge on any atom is -0.350 e. The number of aliphatic imine (C=N–C) groups is 1. The van der Waals surface area contributed by atoms with Crippen LogP contribution in [0.1, 0.15) is 21.6 Å². The van der Waals surface area contributed by atoms with Crippen LogP contribution in [0.4, 0.5) is 10.1 Å². The summed E-state index contributed by atoms with van der Waals surface area (Å²) in [6.07, 6.45) is 0. The van der Waals surface area contributed by atoms with Gasteiger partial charge in [0, 0.05) is 22.0 Å². The van der Waals surface area contributed by atoms with Gasteiger partial charge in [0.05, 0.1) is 11.4 Å². The van der Waals surface area contributed by atoms with Crippen molar-refractivity contribution in [1.82, 2.24) is 10.4 Å². The highest BCUT2D eigenvalue weighted by atomic mass is 19.1. The van der Waals surface area contributed by atoms with Gasteiger partial charge in [-0.3, -0.25) is 20.0 Å². The van der Waals surface area contributed by atoms with Crippen molar-refractivity contribution >= 4 is 34.1 Å². The molecular formula is C24H17FN4O2. The first-order chi connectivity index (χ1) is 15.1. The topological polar surface area (TPSA) is 77.6 Å². The third kappa shape index (κ3) is 3.36. The largest absolute Gasteiger partial charge is 0.350 e. The Morgan fingerprint density at radius 3 is 2.48 bits per heavy atom. The second kappa shape index (κ2) is 7.53. The van der Waals surface area contributed by atoms with Crippen LogP contribution < -0.4 is 10.4 Å². The van der Waals surface area contributed by atoms with E-state index in [1.165, 1.54) is 11.1 Å². The molecule has 0 radical (unpaired) electrons. The number of benzodiazepines with no additional fused rings is 1. The van der Waals surface area contributed by atoms with Crippen LogP contribution in [0.2, 0.25) is 0 Å². The third-order valence-electron chi connectivity index (χ3n) is 5.14. The zero-order valence-electron chi connectivity index (χ0n) is 16.3. The molecule has 0 saturated carbocycles. The number of carbonyl (C=O) groups excluding carboxylic acids is 2. The highest BCUT2D eigenvalue weighted by molar-refractivity contribution is 6.20. The van der Waals surface area contributed by atoms with E-state index in [2.05, 4.69) is 15.4 Å². The molecule has 4 aromatic rings. The third-order valence-corrected chi connectivity index (χ3v) is 5.14. The number of carbonyl (C=O) groups is 2. The predicted octanol–water partition coefficient (Wildman–Crippen LogP) is 3.84. The number of nitrogens with one attached hydrogen (secondary N) is 2. The Balaban J connectivity index is 1.53. The van der Waals surface area contributed by atoms with E-state index in [9.17, 15) is 14.0 Å². The van der Waals surface area contributed by atoms with E-state index in [1.807, 2.05) is 24.3 Å². The summed E-state index contributed by atoms with van der Waals surface area (Å²) in [7, 11) is 0. The fourth-order valence-electron chi connectivity index (χ4n) is 3.67. The number of fused-ring (bicyclic) bond motifs is 2. The summed E-state index contributed by atoms with van der Waals surface area (Å²) < 4.78 is 14.5. The van der Waals surface area contributed by atoms with Crippen LogP contribution in [0.15, 0.2) is 83.9 Å². The summed E-state index contributed by atoms with van der Waals surface area (Å²) >= 11 is 0. The fraction of sp³-hybridized carbons (Fsp3) is 0.0417. The molecule has 1 aromatic heterocycles. The van der Waals surface area contributed by atoms with E-state index >= 15 is 0 Å². The molecule has 0 saturated heterocycles. The second-order valence-corrected chi connectivity index (χ2v) is 7.10. The number of hydrogen-bond acceptors (Lipinski definition) is 3. The van der Waals surface area contributed by atoms with Crippen molar-refractivity contribution in [3.63, 3.8) is 0 Å². The molecule has 0 spiro atoms. The van der Waals surface area contributed by atoms with Crippen molar-refractivity contribution in [2.75, 3.05) is 11.6 Å². The maximum Gasteiger partial charge on any atom is 0.286 e. The van der Waals surface area contributed by atoms with Crippen LogP contribution in [0.25, 0.3) is 10.9 Å². The second-order valence-electron chi connectivity index (χ2n) is 7.10. The molecule has 1 aliphatic heterocycles. The number of hydrogen-bond donors (Lipinski definition) is 2. The molecule has 6 nitrogen and oxygen atoms in total. The first kappa shape index (κ1) is 18.7. The van der Waals surface area contributed by atoms with E-state index in [-0.39, 0.29) is 6.54 Å². The molecule has 5 rings (SSSR count). The van der Waals surface area contributed by atoms with E-state index in [1.54, 1.807) is 48.5 Å². The molecule has 0 unspecified atom stereocenters. The number of amides is 2. The standard InChI is InChI=1S/C24H17FN4O2/c25-18-10-4-2-8-16(18)23-17-9-3-6-12-21(17)29(22(30)14-26-23)28-24(31)20-13-15-7-1-5-11-19(15)27-20/h1-13,27H,14H2,(H,28,31). The first-order valence-corrected chi connectivity index (χ1v) is 9.72. The van der Waals surface area contributed by atoms with Crippen molar-refractivity contribution in [1.29, 1.82) is 0 Å². The molecule has 7 heteroatoms. The highest BCUT2D eigenvalue weighted by Crippen LogP contribution is 2.27. The lowest BCUT2D eigenvalue weighted by Gasteiger charge is -2.23. The van der Waals surface area contributed by atoms with Crippen molar-refractivity contribution in [3.8, 4) is 0 Å². The number of halogens is 1. The minimum absolute atomic E-state index is 0.231. The van der Waals surface area contributed by atoms with Crippen LogP contribution in [-0.4, -0.2) is 29.1 Å². The summed E-state index contributed by atoms with van der Waals surface area (Å²) in [4.78, 5) is 33.2. The van der Waals surface area contributed by atoms with E-state index in [0.717, 1.165) is 10.9 Å². The average Bonchev–Trinajstić information content (AvgIpc) is 3.18. The van der Waals surface area contributed by atoms with Gasteiger partial charge >= 0.3 is 0 Å². The number of anilines is 1. The smallest absolute Gasteiger partial charge is 0.286 e. The molecule has 31 heavy (non-hydrogen) atoms. The summed E-state index contributed by atoms with van der Waals surface area (Å²) in [5.41, 5.74) is 5.46. The normalized spacial score (nSPS) is 13.5. The Hall–Kier alpha value is -4.26. The lowest BCUT2D eigenvalue weighted by atomic mass is 10.00. The van der Waals surface area contributed by atoms with E-state index in [4.69, 9.17) is 0 Å². The van der Waals surface area contributed by atoms with Gasteiger partial charge in [-0.2, -0.15) is 0 Å². The molecule has 0 atom stereocenters.